The Balaban J connectivity index is 1.34. The zero-order valence-electron chi connectivity index (χ0n) is 26.1. The molecule has 5 nitrogen and oxygen atoms in total. The van der Waals surface area contributed by atoms with Crippen molar-refractivity contribution in [3.8, 4) is 45.0 Å². The topological polar surface area (TPSA) is 54.8 Å². The molecule has 4 heterocycles. The maximum atomic E-state index is 5.20. The lowest BCUT2D eigenvalue weighted by Crippen LogP contribution is -2.16. The molecule has 222 valence electrons. The highest BCUT2D eigenvalue weighted by Gasteiger charge is 2.21. The molecule has 7 rings (SSSR count). The predicted molar refractivity (Wildman–Crippen MR) is 188 cm³/mol. The van der Waals surface area contributed by atoms with Gasteiger partial charge in [0.1, 0.15) is 11.6 Å². The van der Waals surface area contributed by atoms with Crippen LogP contribution in [-0.2, 0) is 0 Å². The van der Waals surface area contributed by atoms with E-state index in [4.69, 9.17) is 19.9 Å². The summed E-state index contributed by atoms with van der Waals surface area (Å²) in [6.07, 6.45) is 3.69. The van der Waals surface area contributed by atoms with Crippen LogP contribution in [-0.4, -0.2) is 19.9 Å². The van der Waals surface area contributed by atoms with Gasteiger partial charge in [-0.1, -0.05) is 90.5 Å². The van der Waals surface area contributed by atoms with Crippen molar-refractivity contribution in [2.24, 2.45) is 0 Å². The highest BCUT2D eigenvalue weighted by atomic mass is 15.2. The zero-order valence-corrected chi connectivity index (χ0v) is 26.1. The monoisotopic (exact) mass is 595 g/mol. The lowest BCUT2D eigenvalue weighted by atomic mass is 10.0. The number of hydrogen-bond donors (Lipinski definition) is 0. The summed E-state index contributed by atoms with van der Waals surface area (Å²) in [4.78, 5) is 22.0. The van der Waals surface area contributed by atoms with E-state index >= 15 is 0 Å². The third kappa shape index (κ3) is 5.91. The number of pyridine rings is 4. The second kappa shape index (κ2) is 12.6. The van der Waals surface area contributed by atoms with Crippen LogP contribution < -0.4 is 4.90 Å². The largest absolute Gasteiger partial charge is 0.278 e. The van der Waals surface area contributed by atoms with E-state index in [-0.39, 0.29) is 0 Å². The van der Waals surface area contributed by atoms with E-state index in [0.717, 1.165) is 73.5 Å². The summed E-state index contributed by atoms with van der Waals surface area (Å²) >= 11 is 0. The van der Waals surface area contributed by atoms with Crippen molar-refractivity contribution < 1.29 is 0 Å². The number of rotatable bonds is 7. The van der Waals surface area contributed by atoms with Crippen molar-refractivity contribution in [1.82, 2.24) is 19.9 Å². The average Bonchev–Trinajstić information content (AvgIpc) is 3.11. The van der Waals surface area contributed by atoms with Crippen molar-refractivity contribution in [3.05, 3.63) is 163 Å². The fourth-order valence-corrected chi connectivity index (χ4v) is 6.01. The summed E-state index contributed by atoms with van der Waals surface area (Å²) in [7, 11) is 0. The summed E-state index contributed by atoms with van der Waals surface area (Å²) in [5.41, 5.74) is 12.2. The first-order valence-electron chi connectivity index (χ1n) is 15.4. The first-order chi connectivity index (χ1) is 22.5. The first kappa shape index (κ1) is 28.8. The fraction of sp³-hybridized carbons (Fsp3) is 0.0732. The van der Waals surface area contributed by atoms with Crippen molar-refractivity contribution in [2.75, 3.05) is 4.90 Å². The molecule has 0 fully saturated rings. The molecule has 0 unspecified atom stereocenters. The number of anilines is 3. The second-order valence-corrected chi connectivity index (χ2v) is 11.4. The molecule has 0 amide bonds. The Hall–Kier alpha value is -5.94. The minimum Gasteiger partial charge on any atom is -0.278 e. The Morgan fingerprint density at radius 2 is 0.870 bits per heavy atom. The van der Waals surface area contributed by atoms with Crippen LogP contribution in [0, 0.1) is 20.8 Å². The van der Waals surface area contributed by atoms with Crippen molar-refractivity contribution in [1.29, 1.82) is 0 Å². The Morgan fingerprint density at radius 1 is 0.413 bits per heavy atom. The molecule has 7 aromatic rings. The number of aromatic nitrogens is 4. The molecule has 46 heavy (non-hydrogen) atoms. The summed E-state index contributed by atoms with van der Waals surface area (Å²) in [5, 5.41) is 0. The van der Waals surface area contributed by atoms with Crippen LogP contribution in [0.1, 0.15) is 16.7 Å². The van der Waals surface area contributed by atoms with Gasteiger partial charge < -0.3 is 0 Å². The summed E-state index contributed by atoms with van der Waals surface area (Å²) in [6.45, 7) is 6.42. The van der Waals surface area contributed by atoms with E-state index in [1.54, 1.807) is 0 Å². The van der Waals surface area contributed by atoms with Gasteiger partial charge in [0, 0.05) is 12.4 Å². The molecule has 3 aromatic carbocycles. The van der Waals surface area contributed by atoms with Gasteiger partial charge in [0.15, 0.2) is 0 Å². The predicted octanol–water partition coefficient (Wildman–Crippen LogP) is 10.3. The van der Waals surface area contributed by atoms with Gasteiger partial charge in [-0.2, -0.15) is 0 Å². The summed E-state index contributed by atoms with van der Waals surface area (Å²) in [5.74, 6) is 1.52. The SMILES string of the molecule is Cc1cc(C)c(N(c2cccc(-c3cc(-c4ccccc4)ccn3)n2)c2cccc(-c3cc(-c4ccccc4)ccn3)n2)c(C)c1. The molecule has 0 aliphatic carbocycles. The van der Waals surface area contributed by atoms with Crippen LogP contribution in [0.2, 0.25) is 0 Å². The van der Waals surface area contributed by atoms with Gasteiger partial charge in [-0.3, -0.25) is 14.9 Å². The molecule has 0 N–H and O–H groups in total. The third-order valence-corrected chi connectivity index (χ3v) is 8.04. The summed E-state index contributed by atoms with van der Waals surface area (Å²) in [6, 6.07) is 45.5. The summed E-state index contributed by atoms with van der Waals surface area (Å²) < 4.78 is 0. The second-order valence-electron chi connectivity index (χ2n) is 11.4. The molecule has 0 saturated carbocycles. The van der Waals surface area contributed by atoms with Crippen LogP contribution in [0.4, 0.5) is 17.3 Å². The molecule has 5 heteroatoms. The van der Waals surface area contributed by atoms with E-state index in [1.807, 2.05) is 97.3 Å². The van der Waals surface area contributed by atoms with Gasteiger partial charge >= 0.3 is 0 Å². The van der Waals surface area contributed by atoms with Crippen molar-refractivity contribution in [3.63, 3.8) is 0 Å². The maximum absolute atomic E-state index is 5.20. The molecule has 0 bridgehead atoms. The Labute approximate surface area is 270 Å². The molecule has 0 spiro atoms. The van der Waals surface area contributed by atoms with Crippen molar-refractivity contribution >= 4 is 17.3 Å². The standard InChI is InChI=1S/C41H33N5/c1-28-24-29(2)41(30(3)25-28)46(39-18-10-16-35(44-39)37-26-33(20-22-42-37)31-12-6-4-7-13-31)40-19-11-17-36(45-40)38-27-34(21-23-43-38)32-14-8-5-9-15-32/h4-27H,1-3H3. The van der Waals surface area contributed by atoms with Crippen LogP contribution in [0.25, 0.3) is 45.0 Å². The van der Waals surface area contributed by atoms with E-state index in [0.29, 0.717) is 0 Å². The highest BCUT2D eigenvalue weighted by molar-refractivity contribution is 5.80. The van der Waals surface area contributed by atoms with Gasteiger partial charge in [0.2, 0.25) is 0 Å². The van der Waals surface area contributed by atoms with E-state index in [9.17, 15) is 0 Å². The highest BCUT2D eigenvalue weighted by Crippen LogP contribution is 2.39. The van der Waals surface area contributed by atoms with Crippen LogP contribution in [0.3, 0.4) is 0 Å². The van der Waals surface area contributed by atoms with E-state index < -0.39 is 0 Å². The van der Waals surface area contributed by atoms with Crippen LogP contribution in [0.5, 0.6) is 0 Å². The molecule has 4 aromatic heterocycles. The Morgan fingerprint density at radius 3 is 1.33 bits per heavy atom. The van der Waals surface area contributed by atoms with Crippen LogP contribution >= 0.6 is 0 Å². The van der Waals surface area contributed by atoms with Gasteiger partial charge in [-0.25, -0.2) is 9.97 Å². The van der Waals surface area contributed by atoms with Gasteiger partial charge in [0.25, 0.3) is 0 Å². The molecule has 0 aliphatic rings. The van der Waals surface area contributed by atoms with Gasteiger partial charge in [-0.15, -0.1) is 0 Å². The first-order valence-corrected chi connectivity index (χ1v) is 15.4. The van der Waals surface area contributed by atoms with Crippen molar-refractivity contribution in [2.45, 2.75) is 20.8 Å². The van der Waals surface area contributed by atoms with Gasteiger partial charge in [0.05, 0.1) is 28.5 Å². The normalized spacial score (nSPS) is 10.9. The fourth-order valence-electron chi connectivity index (χ4n) is 6.01. The maximum Gasteiger partial charge on any atom is 0.139 e. The number of hydrogen-bond acceptors (Lipinski definition) is 5. The zero-order chi connectivity index (χ0) is 31.5. The lowest BCUT2D eigenvalue weighted by Gasteiger charge is -2.27. The minimum absolute atomic E-state index is 0.759. The number of benzene rings is 3. The Bertz CT molecular complexity index is 1990. The quantitative estimate of drug-likeness (QED) is 0.183. The minimum atomic E-state index is 0.759. The third-order valence-electron chi connectivity index (χ3n) is 8.04. The molecule has 0 aliphatic heterocycles. The number of aryl methyl sites for hydroxylation is 3. The van der Waals surface area contributed by atoms with E-state index in [2.05, 4.69) is 74.2 Å². The molecule has 0 saturated heterocycles. The smallest absolute Gasteiger partial charge is 0.139 e. The van der Waals surface area contributed by atoms with E-state index in [1.165, 1.54) is 5.56 Å². The average molecular weight is 596 g/mol. The Kier molecular flexibility index (Phi) is 7.88. The molecule has 0 atom stereocenters. The van der Waals surface area contributed by atoms with Crippen LogP contribution in [0.15, 0.2) is 146 Å². The molecule has 0 radical (unpaired) electrons. The lowest BCUT2D eigenvalue weighted by molar-refractivity contribution is 1.09. The van der Waals surface area contributed by atoms with Gasteiger partial charge in [-0.05, 0) is 103 Å². The molecular formula is C41H33N5. The number of nitrogens with zero attached hydrogens (tertiary/aromatic N) is 5. The molecular weight excluding hydrogens is 562 g/mol.